The number of rotatable bonds is 2. The maximum absolute atomic E-state index is 12.2. The van der Waals surface area contributed by atoms with Gasteiger partial charge in [0.2, 0.25) is 11.8 Å². The van der Waals surface area contributed by atoms with Crippen molar-refractivity contribution < 1.29 is 24.6 Å². The van der Waals surface area contributed by atoms with Crippen LogP contribution in [0.15, 0.2) is 0 Å². The van der Waals surface area contributed by atoms with Gasteiger partial charge in [-0.15, -0.1) is 0 Å². The van der Waals surface area contributed by atoms with Gasteiger partial charge in [-0.25, -0.2) is 4.79 Å². The number of nitrogens with zero attached hydrogens (tertiary/aromatic N) is 1. The fraction of sp³-hybridized carbons (Fsp3) is 0.727. The van der Waals surface area contributed by atoms with E-state index in [1.54, 1.807) is 0 Å². The molecule has 1 unspecified atom stereocenters. The number of carbonyl (C=O) groups excluding carboxylic acids is 2. The van der Waals surface area contributed by atoms with E-state index in [1.807, 2.05) is 0 Å². The fourth-order valence-electron chi connectivity index (χ4n) is 2.47. The van der Waals surface area contributed by atoms with E-state index in [0.717, 1.165) is 0 Å². The standard InChI is InChI=1S/C11H16N2O5/c14-7-3-8(11(17)18)13(5-7)10(16)6-1-2-9(15)12-4-6/h6-8,14H,1-5H2,(H,12,15)(H,17,18)/t6?,7-,8-/m0/s1. The Morgan fingerprint density at radius 2 is 2.11 bits per heavy atom. The Morgan fingerprint density at radius 1 is 1.39 bits per heavy atom. The molecule has 0 bridgehead atoms. The highest BCUT2D eigenvalue weighted by molar-refractivity contribution is 5.87. The number of β-amino-alcohol motifs (C(OH)–C–C–N with tert-alkyl or cyclic N) is 1. The quantitative estimate of drug-likeness (QED) is 0.561. The Balaban J connectivity index is 2.03. The van der Waals surface area contributed by atoms with Crippen molar-refractivity contribution in [2.75, 3.05) is 13.1 Å². The van der Waals surface area contributed by atoms with Gasteiger partial charge in [0.05, 0.1) is 12.0 Å². The lowest BCUT2D eigenvalue weighted by molar-refractivity contribution is -0.150. The SMILES string of the molecule is O=C1CCC(C(=O)N2C[C@@H](O)C[C@H]2C(=O)O)CN1. The monoisotopic (exact) mass is 256 g/mol. The first-order chi connectivity index (χ1) is 8.49. The number of aliphatic hydroxyl groups is 1. The molecule has 18 heavy (non-hydrogen) atoms. The van der Waals surface area contributed by atoms with E-state index in [1.165, 1.54) is 4.90 Å². The van der Waals surface area contributed by atoms with Crippen molar-refractivity contribution in [3.05, 3.63) is 0 Å². The van der Waals surface area contributed by atoms with Gasteiger partial charge in [0.25, 0.3) is 0 Å². The number of hydrogen-bond donors (Lipinski definition) is 3. The van der Waals surface area contributed by atoms with Crippen molar-refractivity contribution in [2.24, 2.45) is 5.92 Å². The second-order valence-corrected chi connectivity index (χ2v) is 4.77. The number of aliphatic hydroxyl groups excluding tert-OH is 1. The summed E-state index contributed by atoms with van der Waals surface area (Å²) in [6.45, 7) is 0.302. The summed E-state index contributed by atoms with van der Waals surface area (Å²) >= 11 is 0. The number of likely N-dealkylation sites (tertiary alicyclic amines) is 1. The van der Waals surface area contributed by atoms with Crippen molar-refractivity contribution in [2.45, 2.75) is 31.4 Å². The van der Waals surface area contributed by atoms with Gasteiger partial charge < -0.3 is 20.4 Å². The van der Waals surface area contributed by atoms with E-state index in [-0.39, 0.29) is 43.7 Å². The molecule has 0 spiro atoms. The van der Waals surface area contributed by atoms with E-state index >= 15 is 0 Å². The minimum Gasteiger partial charge on any atom is -0.480 e. The van der Waals surface area contributed by atoms with Crippen LogP contribution in [0.25, 0.3) is 0 Å². The Labute approximate surface area is 104 Å². The van der Waals surface area contributed by atoms with Gasteiger partial charge >= 0.3 is 5.97 Å². The molecule has 2 aliphatic heterocycles. The van der Waals surface area contributed by atoms with Crippen molar-refractivity contribution >= 4 is 17.8 Å². The van der Waals surface area contributed by atoms with Gasteiger partial charge in [-0.05, 0) is 6.42 Å². The van der Waals surface area contributed by atoms with Crippen LogP contribution in [0.3, 0.4) is 0 Å². The minimum atomic E-state index is -1.10. The molecule has 2 rings (SSSR count). The summed E-state index contributed by atoms with van der Waals surface area (Å²) in [4.78, 5) is 35.4. The highest BCUT2D eigenvalue weighted by Gasteiger charge is 2.41. The van der Waals surface area contributed by atoms with E-state index in [2.05, 4.69) is 5.32 Å². The molecule has 7 heteroatoms. The number of hydrogen-bond acceptors (Lipinski definition) is 4. The Hall–Kier alpha value is -1.63. The molecule has 0 radical (unpaired) electrons. The van der Waals surface area contributed by atoms with Gasteiger partial charge in [0, 0.05) is 25.9 Å². The van der Waals surface area contributed by atoms with Crippen LogP contribution < -0.4 is 5.32 Å². The van der Waals surface area contributed by atoms with E-state index in [9.17, 15) is 19.5 Å². The van der Waals surface area contributed by atoms with Crippen LogP contribution in [0.5, 0.6) is 0 Å². The molecule has 3 atom stereocenters. The lowest BCUT2D eigenvalue weighted by Crippen LogP contribution is -2.48. The normalized spacial score (nSPS) is 32.2. The van der Waals surface area contributed by atoms with Crippen LogP contribution in [0, 0.1) is 5.92 Å². The summed E-state index contributed by atoms with van der Waals surface area (Å²) in [7, 11) is 0. The van der Waals surface area contributed by atoms with Gasteiger partial charge in [0.1, 0.15) is 6.04 Å². The molecule has 2 aliphatic rings. The predicted octanol–water partition coefficient (Wildman–Crippen LogP) is -1.44. The van der Waals surface area contributed by atoms with Gasteiger partial charge in [-0.3, -0.25) is 9.59 Å². The summed E-state index contributed by atoms with van der Waals surface area (Å²) in [5.74, 6) is -1.86. The second kappa shape index (κ2) is 4.93. The van der Waals surface area contributed by atoms with Crippen LogP contribution in [-0.2, 0) is 14.4 Å². The van der Waals surface area contributed by atoms with Crippen LogP contribution in [0.4, 0.5) is 0 Å². The third-order valence-corrected chi connectivity index (χ3v) is 3.46. The number of nitrogens with one attached hydrogen (secondary N) is 1. The third kappa shape index (κ3) is 2.45. The molecule has 2 fully saturated rings. The Kier molecular flexibility index (Phi) is 3.51. The average Bonchev–Trinajstić information content (AvgIpc) is 2.71. The summed E-state index contributed by atoms with van der Waals surface area (Å²) < 4.78 is 0. The summed E-state index contributed by atoms with van der Waals surface area (Å²) in [6.07, 6.45) is 0.00196. The number of carbonyl (C=O) groups is 3. The predicted molar refractivity (Wildman–Crippen MR) is 59.5 cm³/mol. The van der Waals surface area contributed by atoms with Crippen LogP contribution >= 0.6 is 0 Å². The van der Waals surface area contributed by atoms with Gasteiger partial charge in [-0.2, -0.15) is 0 Å². The van der Waals surface area contributed by atoms with Crippen LogP contribution in [0.1, 0.15) is 19.3 Å². The highest BCUT2D eigenvalue weighted by atomic mass is 16.4. The molecule has 0 aromatic rings. The smallest absolute Gasteiger partial charge is 0.326 e. The van der Waals surface area contributed by atoms with Crippen molar-refractivity contribution in [1.29, 1.82) is 0 Å². The average molecular weight is 256 g/mol. The highest BCUT2D eigenvalue weighted by Crippen LogP contribution is 2.23. The molecule has 2 heterocycles. The van der Waals surface area contributed by atoms with Crippen molar-refractivity contribution in [3.8, 4) is 0 Å². The largest absolute Gasteiger partial charge is 0.480 e. The van der Waals surface area contributed by atoms with Crippen LogP contribution in [-0.4, -0.2) is 58.1 Å². The lowest BCUT2D eigenvalue weighted by Gasteiger charge is -2.28. The molecule has 0 aliphatic carbocycles. The van der Waals surface area contributed by atoms with Crippen LogP contribution in [0.2, 0.25) is 0 Å². The first-order valence-electron chi connectivity index (χ1n) is 5.97. The van der Waals surface area contributed by atoms with Gasteiger partial charge in [0.15, 0.2) is 0 Å². The zero-order chi connectivity index (χ0) is 13.3. The first kappa shape index (κ1) is 12.8. The number of carboxylic acids is 1. The molecule has 0 saturated carbocycles. The lowest BCUT2D eigenvalue weighted by atomic mass is 9.97. The zero-order valence-corrected chi connectivity index (χ0v) is 9.83. The number of piperidine rings is 1. The number of amides is 2. The molecular weight excluding hydrogens is 240 g/mol. The summed E-state index contributed by atoms with van der Waals surface area (Å²) in [6, 6.07) is -0.954. The Morgan fingerprint density at radius 3 is 2.67 bits per heavy atom. The Bertz CT molecular complexity index is 374. The number of carboxylic acid groups (broad SMARTS) is 1. The van der Waals surface area contributed by atoms with Gasteiger partial charge in [-0.1, -0.05) is 0 Å². The molecule has 2 amide bonds. The third-order valence-electron chi connectivity index (χ3n) is 3.46. The summed E-state index contributed by atoms with van der Waals surface area (Å²) in [5, 5.41) is 21.1. The molecule has 7 nitrogen and oxygen atoms in total. The van der Waals surface area contributed by atoms with E-state index in [4.69, 9.17) is 5.11 Å². The minimum absolute atomic E-state index is 0.0558. The number of aliphatic carboxylic acids is 1. The molecule has 100 valence electrons. The first-order valence-corrected chi connectivity index (χ1v) is 5.97. The molecule has 0 aromatic carbocycles. The fourth-order valence-corrected chi connectivity index (χ4v) is 2.47. The molecular formula is C11H16N2O5. The molecule has 3 N–H and O–H groups in total. The molecule has 0 aromatic heterocycles. The zero-order valence-electron chi connectivity index (χ0n) is 9.83. The molecule has 2 saturated heterocycles. The maximum Gasteiger partial charge on any atom is 0.326 e. The second-order valence-electron chi connectivity index (χ2n) is 4.77. The maximum atomic E-state index is 12.2. The van der Waals surface area contributed by atoms with E-state index in [0.29, 0.717) is 6.42 Å². The van der Waals surface area contributed by atoms with E-state index < -0.39 is 18.1 Å². The summed E-state index contributed by atoms with van der Waals surface area (Å²) in [5.41, 5.74) is 0. The van der Waals surface area contributed by atoms with Crippen molar-refractivity contribution in [3.63, 3.8) is 0 Å². The topological polar surface area (TPSA) is 107 Å². The van der Waals surface area contributed by atoms with Crippen molar-refractivity contribution in [1.82, 2.24) is 10.2 Å².